The zero-order chi connectivity index (χ0) is 15.6. The highest BCUT2D eigenvalue weighted by Gasteiger charge is 2.17. The van der Waals surface area contributed by atoms with E-state index in [-0.39, 0.29) is 11.3 Å². The van der Waals surface area contributed by atoms with Gasteiger partial charge in [-0.05, 0) is 38.5 Å². The summed E-state index contributed by atoms with van der Waals surface area (Å²) in [4.78, 5) is 23.6. The van der Waals surface area contributed by atoms with Crippen molar-refractivity contribution in [3.05, 3.63) is 52.3 Å². The lowest BCUT2D eigenvalue weighted by molar-refractivity contribution is 0.0697. The second kappa shape index (κ2) is 5.70. The van der Waals surface area contributed by atoms with Crippen LogP contribution in [0.25, 0.3) is 0 Å². The molecule has 0 saturated carbocycles. The zero-order valence-corrected chi connectivity index (χ0v) is 12.0. The van der Waals surface area contributed by atoms with Gasteiger partial charge in [0.05, 0.1) is 28.2 Å². The van der Waals surface area contributed by atoms with Gasteiger partial charge in [0.15, 0.2) is 0 Å². The van der Waals surface area contributed by atoms with Gasteiger partial charge in [0, 0.05) is 0 Å². The second-order valence-electron chi connectivity index (χ2n) is 4.74. The molecule has 0 radical (unpaired) electrons. The van der Waals surface area contributed by atoms with E-state index >= 15 is 0 Å². The fourth-order valence-corrected chi connectivity index (χ4v) is 2.03. The first kappa shape index (κ1) is 14.6. The molecule has 0 atom stereocenters. The number of aromatic nitrogens is 2. The fraction of sp³-hybridized carbons (Fsp3) is 0.200. The van der Waals surface area contributed by atoms with E-state index in [4.69, 9.17) is 0 Å². The van der Waals surface area contributed by atoms with E-state index in [1.165, 1.54) is 0 Å². The molecule has 108 valence electrons. The number of amides is 1. The maximum absolute atomic E-state index is 12.3. The van der Waals surface area contributed by atoms with E-state index in [9.17, 15) is 14.7 Å². The number of carboxylic acid groups (broad SMARTS) is 1. The van der Waals surface area contributed by atoms with E-state index in [1.807, 2.05) is 0 Å². The van der Waals surface area contributed by atoms with Gasteiger partial charge in [-0.15, -0.1) is 0 Å². The summed E-state index contributed by atoms with van der Waals surface area (Å²) < 4.78 is 0. The number of benzene rings is 1. The van der Waals surface area contributed by atoms with Crippen LogP contribution in [0, 0.1) is 20.8 Å². The number of hydrogen-bond donors (Lipinski definition) is 2. The van der Waals surface area contributed by atoms with Crippen LogP contribution >= 0.6 is 0 Å². The van der Waals surface area contributed by atoms with Gasteiger partial charge in [-0.25, -0.2) is 4.79 Å². The normalized spacial score (nSPS) is 10.2. The molecule has 0 spiro atoms. The van der Waals surface area contributed by atoms with Crippen LogP contribution in [0.2, 0.25) is 0 Å². The number of rotatable bonds is 3. The number of nitrogens with one attached hydrogen (secondary N) is 1. The summed E-state index contributed by atoms with van der Waals surface area (Å²) in [6.07, 6.45) is 0. The Balaban J connectivity index is 2.39. The van der Waals surface area contributed by atoms with Crippen molar-refractivity contribution in [2.45, 2.75) is 20.8 Å². The van der Waals surface area contributed by atoms with E-state index in [0.717, 1.165) is 0 Å². The molecule has 1 heterocycles. The number of hydrogen-bond acceptors (Lipinski definition) is 4. The highest BCUT2D eigenvalue weighted by Crippen LogP contribution is 2.20. The Labute approximate surface area is 121 Å². The van der Waals surface area contributed by atoms with E-state index in [0.29, 0.717) is 22.5 Å². The standard InChI is InChI=1S/C15H15N3O3/c1-8-5-4-6-12(13(8)15(20)21)16-14(19)11-7-9(2)17-18-10(11)3/h4-7H,1-3H3,(H,16,19)(H,20,21). The summed E-state index contributed by atoms with van der Waals surface area (Å²) in [6.45, 7) is 5.09. The van der Waals surface area contributed by atoms with Crippen molar-refractivity contribution in [1.82, 2.24) is 10.2 Å². The van der Waals surface area contributed by atoms with Crippen LogP contribution in [0.5, 0.6) is 0 Å². The minimum absolute atomic E-state index is 0.0854. The van der Waals surface area contributed by atoms with E-state index in [2.05, 4.69) is 15.5 Å². The van der Waals surface area contributed by atoms with Gasteiger partial charge in [-0.1, -0.05) is 12.1 Å². The molecule has 1 aromatic heterocycles. The maximum Gasteiger partial charge on any atom is 0.338 e. The molecule has 0 unspecified atom stereocenters. The van der Waals surface area contributed by atoms with Crippen LogP contribution in [-0.4, -0.2) is 27.2 Å². The molecule has 2 aromatic rings. The van der Waals surface area contributed by atoms with Crippen LogP contribution in [-0.2, 0) is 0 Å². The SMILES string of the molecule is Cc1cc(C(=O)Nc2cccc(C)c2C(=O)O)c(C)nn1. The number of nitrogens with zero attached hydrogens (tertiary/aromatic N) is 2. The molecule has 1 amide bonds. The van der Waals surface area contributed by atoms with Gasteiger partial charge in [0.1, 0.15) is 0 Å². The lowest BCUT2D eigenvalue weighted by atomic mass is 10.1. The third-order valence-corrected chi connectivity index (χ3v) is 3.08. The van der Waals surface area contributed by atoms with Crippen molar-refractivity contribution in [1.29, 1.82) is 0 Å². The number of carboxylic acids is 1. The summed E-state index contributed by atoms with van der Waals surface area (Å²) in [7, 11) is 0. The van der Waals surface area contributed by atoms with Gasteiger partial charge in [0.25, 0.3) is 5.91 Å². The topological polar surface area (TPSA) is 92.2 Å². The van der Waals surface area contributed by atoms with Gasteiger partial charge in [-0.3, -0.25) is 4.79 Å². The Morgan fingerprint density at radius 2 is 1.86 bits per heavy atom. The largest absolute Gasteiger partial charge is 0.478 e. The zero-order valence-electron chi connectivity index (χ0n) is 12.0. The summed E-state index contributed by atoms with van der Waals surface area (Å²) in [5.74, 6) is -1.48. The van der Waals surface area contributed by atoms with Crippen molar-refractivity contribution in [2.24, 2.45) is 0 Å². The molecule has 6 nitrogen and oxygen atoms in total. The number of anilines is 1. The lowest BCUT2D eigenvalue weighted by Gasteiger charge is -2.11. The summed E-state index contributed by atoms with van der Waals surface area (Å²) in [5.41, 5.74) is 2.42. The quantitative estimate of drug-likeness (QED) is 0.903. The molecule has 0 saturated heterocycles. The molecule has 1 aromatic carbocycles. The Hall–Kier alpha value is -2.76. The molecule has 2 rings (SSSR count). The molecule has 0 aliphatic heterocycles. The highest BCUT2D eigenvalue weighted by molar-refractivity contribution is 6.08. The van der Waals surface area contributed by atoms with Gasteiger partial charge in [-0.2, -0.15) is 10.2 Å². The van der Waals surface area contributed by atoms with Crippen molar-refractivity contribution in [3.8, 4) is 0 Å². The molecule has 2 N–H and O–H groups in total. The second-order valence-corrected chi connectivity index (χ2v) is 4.74. The molecular formula is C15H15N3O3. The van der Waals surface area contributed by atoms with E-state index in [1.54, 1.807) is 45.0 Å². The van der Waals surface area contributed by atoms with Crippen molar-refractivity contribution in [2.75, 3.05) is 5.32 Å². The summed E-state index contributed by atoms with van der Waals surface area (Å²) in [5, 5.41) is 19.6. The average Bonchev–Trinajstić information content (AvgIpc) is 2.41. The summed E-state index contributed by atoms with van der Waals surface area (Å²) in [6, 6.07) is 6.56. The predicted octanol–water partition coefficient (Wildman–Crippen LogP) is 2.35. The van der Waals surface area contributed by atoms with Crippen LogP contribution in [0.1, 0.15) is 37.7 Å². The van der Waals surface area contributed by atoms with Crippen molar-refractivity contribution in [3.63, 3.8) is 0 Å². The van der Waals surface area contributed by atoms with Gasteiger partial charge in [0.2, 0.25) is 0 Å². The van der Waals surface area contributed by atoms with Gasteiger partial charge < -0.3 is 10.4 Å². The van der Waals surface area contributed by atoms with Crippen molar-refractivity contribution >= 4 is 17.6 Å². The number of carbonyl (C=O) groups is 2. The third-order valence-electron chi connectivity index (χ3n) is 3.08. The monoisotopic (exact) mass is 285 g/mol. The minimum Gasteiger partial charge on any atom is -0.478 e. The molecule has 0 aliphatic rings. The molecule has 0 bridgehead atoms. The molecule has 0 aliphatic carbocycles. The van der Waals surface area contributed by atoms with E-state index < -0.39 is 11.9 Å². The first-order valence-corrected chi connectivity index (χ1v) is 6.35. The molecule has 21 heavy (non-hydrogen) atoms. The predicted molar refractivity (Wildman–Crippen MR) is 77.6 cm³/mol. The molecule has 0 fully saturated rings. The summed E-state index contributed by atoms with van der Waals surface area (Å²) >= 11 is 0. The Morgan fingerprint density at radius 3 is 2.52 bits per heavy atom. The first-order valence-electron chi connectivity index (χ1n) is 6.35. The van der Waals surface area contributed by atoms with Crippen LogP contribution in [0.15, 0.2) is 24.3 Å². The Morgan fingerprint density at radius 1 is 1.14 bits per heavy atom. The Bertz CT molecular complexity index is 726. The number of aryl methyl sites for hydroxylation is 3. The molecular weight excluding hydrogens is 270 g/mol. The van der Waals surface area contributed by atoms with Crippen LogP contribution in [0.4, 0.5) is 5.69 Å². The number of carbonyl (C=O) groups excluding carboxylic acids is 1. The van der Waals surface area contributed by atoms with Crippen LogP contribution in [0.3, 0.4) is 0 Å². The fourth-order valence-electron chi connectivity index (χ4n) is 2.03. The third kappa shape index (κ3) is 3.05. The first-order chi connectivity index (χ1) is 9.90. The van der Waals surface area contributed by atoms with Crippen molar-refractivity contribution < 1.29 is 14.7 Å². The Kier molecular flexibility index (Phi) is 3.98. The smallest absolute Gasteiger partial charge is 0.338 e. The highest BCUT2D eigenvalue weighted by atomic mass is 16.4. The maximum atomic E-state index is 12.3. The average molecular weight is 285 g/mol. The lowest BCUT2D eigenvalue weighted by Crippen LogP contribution is -2.17. The number of aromatic carboxylic acids is 1. The van der Waals surface area contributed by atoms with Gasteiger partial charge >= 0.3 is 5.97 Å². The molecule has 6 heteroatoms. The minimum atomic E-state index is -1.08. The van der Waals surface area contributed by atoms with Crippen LogP contribution < -0.4 is 5.32 Å².